The van der Waals surface area contributed by atoms with Crippen LogP contribution in [0.1, 0.15) is 37.2 Å². The van der Waals surface area contributed by atoms with Gasteiger partial charge in [0.25, 0.3) is 0 Å². The molecule has 0 saturated heterocycles. The van der Waals surface area contributed by atoms with Gasteiger partial charge in [-0.3, -0.25) is 14.8 Å². The lowest BCUT2D eigenvalue weighted by Gasteiger charge is -2.29. The molecule has 3 aromatic rings. The Morgan fingerprint density at radius 3 is 2.67 bits per heavy atom. The van der Waals surface area contributed by atoms with Crippen LogP contribution in [0.25, 0.3) is 10.9 Å². The van der Waals surface area contributed by atoms with Crippen LogP contribution in [0.2, 0.25) is 0 Å². The van der Waals surface area contributed by atoms with Crippen LogP contribution in [-0.2, 0) is 23.1 Å². The number of carbonyl (C=O) groups excluding carboxylic acids is 1. The monoisotopic (exact) mass is 413 g/mol. The zero-order chi connectivity index (χ0) is 21.5. The summed E-state index contributed by atoms with van der Waals surface area (Å²) in [5.41, 5.74) is 0.967. The lowest BCUT2D eigenvalue weighted by molar-refractivity contribution is -0.181. The molecule has 1 atom stereocenters. The van der Waals surface area contributed by atoms with E-state index >= 15 is 0 Å². The number of amides is 1. The lowest BCUT2D eigenvalue weighted by atomic mass is 9.83. The lowest BCUT2D eigenvalue weighted by Crippen LogP contribution is -2.38. The predicted molar refractivity (Wildman–Crippen MR) is 109 cm³/mol. The minimum Gasteiger partial charge on any atom is -0.324 e. The fraction of sp³-hybridized carbons (Fsp3) is 0.348. The Labute approximate surface area is 172 Å². The topological polar surface area (TPSA) is 54.9 Å². The maximum absolute atomic E-state index is 13.3. The van der Waals surface area contributed by atoms with Gasteiger partial charge in [0.05, 0.1) is 23.1 Å². The van der Waals surface area contributed by atoms with Crippen molar-refractivity contribution in [1.29, 1.82) is 0 Å². The number of pyridine rings is 2. The van der Waals surface area contributed by atoms with Crippen molar-refractivity contribution in [3.8, 4) is 0 Å². The zero-order valence-electron chi connectivity index (χ0n) is 16.8. The molecule has 0 bridgehead atoms. The van der Waals surface area contributed by atoms with Crippen LogP contribution in [0, 0.1) is 5.92 Å². The first-order valence-corrected chi connectivity index (χ1v) is 9.87. The van der Waals surface area contributed by atoms with Crippen LogP contribution in [-0.4, -0.2) is 22.1 Å². The van der Waals surface area contributed by atoms with E-state index in [4.69, 9.17) is 0 Å². The van der Waals surface area contributed by atoms with E-state index in [1.807, 2.05) is 30.3 Å². The number of aryl methyl sites for hydroxylation is 1. The average molecular weight is 413 g/mol. The summed E-state index contributed by atoms with van der Waals surface area (Å²) in [5, 5.41) is 3.86. The molecule has 2 aromatic heterocycles. The van der Waals surface area contributed by atoms with E-state index in [-0.39, 0.29) is 17.5 Å². The first kappa shape index (κ1) is 20.3. The molecule has 1 aliphatic carbocycles. The van der Waals surface area contributed by atoms with Crippen molar-refractivity contribution >= 4 is 22.5 Å². The molecule has 7 heteroatoms. The fourth-order valence-corrected chi connectivity index (χ4v) is 3.71. The van der Waals surface area contributed by atoms with Crippen molar-refractivity contribution in [2.45, 2.75) is 44.7 Å². The minimum atomic E-state index is -4.38. The number of benzene rings is 1. The number of nitrogens with one attached hydrogen (secondary N) is 1. The van der Waals surface area contributed by atoms with Crippen molar-refractivity contribution in [3.63, 3.8) is 0 Å². The van der Waals surface area contributed by atoms with E-state index in [0.29, 0.717) is 30.6 Å². The smallest absolute Gasteiger partial charge is 0.324 e. The van der Waals surface area contributed by atoms with Gasteiger partial charge in [-0.05, 0) is 56.9 Å². The second kappa shape index (κ2) is 7.38. The quantitative estimate of drug-likeness (QED) is 0.641. The molecule has 1 aromatic carbocycles. The maximum Gasteiger partial charge on any atom is 0.399 e. The second-order valence-electron chi connectivity index (χ2n) is 8.27. The SMILES string of the molecule is CC(C)(c1ccc2c(n1)CCC(C(=O)Nc1cnc3ccccc3c1)C2)C(F)(F)F. The Morgan fingerprint density at radius 2 is 1.90 bits per heavy atom. The number of hydrogen-bond donors (Lipinski definition) is 1. The Morgan fingerprint density at radius 1 is 1.13 bits per heavy atom. The van der Waals surface area contributed by atoms with Gasteiger partial charge < -0.3 is 5.32 Å². The summed E-state index contributed by atoms with van der Waals surface area (Å²) in [4.78, 5) is 21.4. The number of nitrogens with zero attached hydrogens (tertiary/aromatic N) is 2. The van der Waals surface area contributed by atoms with E-state index in [1.165, 1.54) is 6.07 Å². The highest BCUT2D eigenvalue weighted by atomic mass is 19.4. The van der Waals surface area contributed by atoms with Crippen LogP contribution in [0.15, 0.2) is 48.7 Å². The molecule has 1 N–H and O–H groups in total. The first-order chi connectivity index (χ1) is 14.1. The fourth-order valence-electron chi connectivity index (χ4n) is 3.71. The standard InChI is InChI=1S/C23H22F3N3O/c1-22(2,23(24,25)26)20-10-8-15-11-16(7-9-19(15)29-20)21(30)28-17-12-14-5-3-4-6-18(14)27-13-17/h3-6,8,10,12-13,16H,7,9,11H2,1-2H3,(H,28,30). The van der Waals surface area contributed by atoms with Crippen LogP contribution in [0.5, 0.6) is 0 Å². The molecule has 0 aliphatic heterocycles. The largest absolute Gasteiger partial charge is 0.399 e. The summed E-state index contributed by atoms with van der Waals surface area (Å²) in [6, 6.07) is 12.6. The Balaban J connectivity index is 1.49. The van der Waals surface area contributed by atoms with Crippen molar-refractivity contribution in [2.75, 3.05) is 5.32 Å². The van der Waals surface area contributed by atoms with Crippen LogP contribution >= 0.6 is 0 Å². The molecule has 2 heterocycles. The molecule has 30 heavy (non-hydrogen) atoms. The molecule has 1 amide bonds. The maximum atomic E-state index is 13.3. The molecule has 1 unspecified atom stereocenters. The molecule has 1 aliphatic rings. The van der Waals surface area contributed by atoms with Crippen LogP contribution in [0.4, 0.5) is 18.9 Å². The number of rotatable bonds is 3. The Kier molecular flexibility index (Phi) is 5.00. The van der Waals surface area contributed by atoms with E-state index in [1.54, 1.807) is 12.3 Å². The Hall–Kier alpha value is -2.96. The first-order valence-electron chi connectivity index (χ1n) is 9.87. The van der Waals surface area contributed by atoms with E-state index in [9.17, 15) is 18.0 Å². The van der Waals surface area contributed by atoms with E-state index in [0.717, 1.165) is 30.3 Å². The van der Waals surface area contributed by atoms with Gasteiger partial charge in [0.1, 0.15) is 5.41 Å². The van der Waals surface area contributed by atoms with Gasteiger partial charge in [0.2, 0.25) is 5.91 Å². The van der Waals surface area contributed by atoms with Crippen molar-refractivity contribution in [2.24, 2.45) is 5.92 Å². The van der Waals surface area contributed by atoms with Gasteiger partial charge >= 0.3 is 6.18 Å². The summed E-state index contributed by atoms with van der Waals surface area (Å²) in [6.45, 7) is 2.27. The number of aromatic nitrogens is 2. The molecule has 4 nitrogen and oxygen atoms in total. The highest BCUT2D eigenvalue weighted by Crippen LogP contribution is 2.40. The van der Waals surface area contributed by atoms with Crippen LogP contribution < -0.4 is 5.32 Å². The third-order valence-electron chi connectivity index (χ3n) is 5.84. The molecule has 4 rings (SSSR count). The highest BCUT2D eigenvalue weighted by molar-refractivity contribution is 5.94. The second-order valence-corrected chi connectivity index (χ2v) is 8.27. The molecule has 0 radical (unpaired) electrons. The number of para-hydroxylation sites is 1. The molecule has 156 valence electrons. The summed E-state index contributed by atoms with van der Waals surface area (Å²) >= 11 is 0. The molecular weight excluding hydrogens is 391 g/mol. The molecule has 0 spiro atoms. The van der Waals surface area contributed by atoms with Gasteiger partial charge in [0.15, 0.2) is 0 Å². The zero-order valence-corrected chi connectivity index (χ0v) is 16.8. The summed E-state index contributed by atoms with van der Waals surface area (Å²) in [6.07, 6.45) is -1.26. The van der Waals surface area contributed by atoms with Gasteiger partial charge in [0, 0.05) is 17.0 Å². The average Bonchev–Trinajstić information content (AvgIpc) is 2.72. The van der Waals surface area contributed by atoms with Gasteiger partial charge in [-0.2, -0.15) is 13.2 Å². The number of alkyl halides is 3. The van der Waals surface area contributed by atoms with Gasteiger partial charge in [-0.15, -0.1) is 0 Å². The van der Waals surface area contributed by atoms with Crippen molar-refractivity contribution in [1.82, 2.24) is 9.97 Å². The minimum absolute atomic E-state index is 0.0129. The third-order valence-corrected chi connectivity index (χ3v) is 5.84. The number of halogens is 3. The van der Waals surface area contributed by atoms with Gasteiger partial charge in [-0.1, -0.05) is 24.3 Å². The van der Waals surface area contributed by atoms with E-state index in [2.05, 4.69) is 15.3 Å². The number of hydrogen-bond acceptors (Lipinski definition) is 3. The number of anilines is 1. The molecular formula is C23H22F3N3O. The Bertz CT molecular complexity index is 1110. The number of fused-ring (bicyclic) bond motifs is 2. The third kappa shape index (κ3) is 3.76. The molecule has 0 fully saturated rings. The van der Waals surface area contributed by atoms with Crippen molar-refractivity contribution < 1.29 is 18.0 Å². The molecule has 0 saturated carbocycles. The highest BCUT2D eigenvalue weighted by Gasteiger charge is 2.49. The summed E-state index contributed by atoms with van der Waals surface area (Å²) < 4.78 is 40.0. The van der Waals surface area contributed by atoms with Gasteiger partial charge in [-0.25, -0.2) is 0 Å². The van der Waals surface area contributed by atoms with E-state index < -0.39 is 11.6 Å². The predicted octanol–water partition coefficient (Wildman–Crippen LogP) is 5.21. The number of carbonyl (C=O) groups is 1. The summed E-state index contributed by atoms with van der Waals surface area (Å²) in [7, 11) is 0. The van der Waals surface area contributed by atoms with Crippen LogP contribution in [0.3, 0.4) is 0 Å². The normalized spacial score (nSPS) is 16.9. The summed E-state index contributed by atoms with van der Waals surface area (Å²) in [5.74, 6) is -0.371. The van der Waals surface area contributed by atoms with Crippen molar-refractivity contribution in [3.05, 3.63) is 65.6 Å².